The van der Waals surface area contributed by atoms with Gasteiger partial charge in [0.2, 0.25) is 0 Å². The number of halogens is 1. The van der Waals surface area contributed by atoms with Gasteiger partial charge in [-0.15, -0.1) is 0 Å². The van der Waals surface area contributed by atoms with Crippen molar-refractivity contribution in [1.82, 2.24) is 10.7 Å². The molecule has 0 unspecified atom stereocenters. The molecule has 2 aromatic rings. The summed E-state index contributed by atoms with van der Waals surface area (Å²) in [6.07, 6.45) is 2.30. The highest BCUT2D eigenvalue weighted by Crippen LogP contribution is 2.27. The van der Waals surface area contributed by atoms with Crippen molar-refractivity contribution in [3.05, 3.63) is 58.6 Å². The van der Waals surface area contributed by atoms with E-state index in [0.29, 0.717) is 28.7 Å². The van der Waals surface area contributed by atoms with Crippen molar-refractivity contribution in [1.29, 1.82) is 0 Å². The number of carbonyl (C=O) groups is 2. The highest BCUT2D eigenvalue weighted by molar-refractivity contribution is 6.35. The maximum atomic E-state index is 11.8. The Morgan fingerprint density at radius 3 is 2.54 bits per heavy atom. The Balaban J connectivity index is 1.86. The molecule has 0 bridgehead atoms. The van der Waals surface area contributed by atoms with Gasteiger partial charge >= 0.3 is 11.8 Å². The van der Waals surface area contributed by atoms with E-state index in [1.807, 2.05) is 6.92 Å². The van der Waals surface area contributed by atoms with Crippen molar-refractivity contribution in [3.8, 4) is 11.5 Å². The molecule has 0 aromatic heterocycles. The molecule has 2 aromatic carbocycles. The summed E-state index contributed by atoms with van der Waals surface area (Å²) in [4.78, 5) is 23.6. The van der Waals surface area contributed by atoms with Crippen LogP contribution in [0.5, 0.6) is 11.5 Å². The first-order valence-corrected chi connectivity index (χ1v) is 9.07. The van der Waals surface area contributed by atoms with E-state index in [1.165, 1.54) is 6.21 Å². The van der Waals surface area contributed by atoms with Gasteiger partial charge in [-0.25, -0.2) is 5.43 Å². The van der Waals surface area contributed by atoms with E-state index in [2.05, 4.69) is 15.8 Å². The van der Waals surface area contributed by atoms with Crippen LogP contribution in [0.2, 0.25) is 5.02 Å². The Morgan fingerprint density at radius 1 is 1.11 bits per heavy atom. The maximum Gasteiger partial charge on any atom is 0.329 e. The van der Waals surface area contributed by atoms with Crippen molar-refractivity contribution < 1.29 is 19.1 Å². The molecule has 0 aliphatic heterocycles. The molecule has 0 saturated carbocycles. The summed E-state index contributed by atoms with van der Waals surface area (Å²) < 4.78 is 10.9. The number of hydrogen-bond donors (Lipinski definition) is 2. The minimum atomic E-state index is -0.861. The lowest BCUT2D eigenvalue weighted by Gasteiger charge is -2.10. The average Bonchev–Trinajstić information content (AvgIpc) is 2.71. The average molecular weight is 404 g/mol. The van der Waals surface area contributed by atoms with E-state index < -0.39 is 11.8 Å². The number of methoxy groups -OCH3 is 1. The highest BCUT2D eigenvalue weighted by atomic mass is 35.5. The Kier molecular flexibility index (Phi) is 8.30. The van der Waals surface area contributed by atoms with Crippen LogP contribution in [-0.4, -0.2) is 31.7 Å². The van der Waals surface area contributed by atoms with Crippen LogP contribution in [0, 0.1) is 0 Å². The van der Waals surface area contributed by atoms with Gasteiger partial charge in [-0.2, -0.15) is 5.10 Å². The Hall–Kier alpha value is -3.06. The fraction of sp³-hybridized carbons (Fsp3) is 0.250. The number of hydrogen-bond acceptors (Lipinski definition) is 5. The molecule has 0 fully saturated rings. The smallest absolute Gasteiger partial charge is 0.329 e. The van der Waals surface area contributed by atoms with Gasteiger partial charge in [0.25, 0.3) is 0 Å². The summed E-state index contributed by atoms with van der Waals surface area (Å²) in [5.41, 5.74) is 3.70. The molecule has 8 heteroatoms. The Morgan fingerprint density at radius 2 is 1.86 bits per heavy atom. The zero-order chi connectivity index (χ0) is 20.4. The van der Waals surface area contributed by atoms with Crippen molar-refractivity contribution in [2.24, 2.45) is 5.10 Å². The molecule has 28 heavy (non-hydrogen) atoms. The first kappa shape index (κ1) is 21.2. The van der Waals surface area contributed by atoms with E-state index in [-0.39, 0.29) is 6.54 Å². The number of nitrogens with zero attached hydrogens (tertiary/aromatic N) is 1. The van der Waals surface area contributed by atoms with Crippen LogP contribution in [0.15, 0.2) is 47.6 Å². The number of amides is 2. The molecule has 0 heterocycles. The van der Waals surface area contributed by atoms with E-state index >= 15 is 0 Å². The molecule has 0 radical (unpaired) electrons. The molecule has 2 N–H and O–H groups in total. The second-order valence-electron chi connectivity index (χ2n) is 5.77. The molecule has 0 atom stereocenters. The third kappa shape index (κ3) is 6.59. The van der Waals surface area contributed by atoms with Crippen molar-refractivity contribution >= 4 is 29.6 Å². The van der Waals surface area contributed by atoms with E-state index in [9.17, 15) is 9.59 Å². The Bertz CT molecular complexity index is 838. The number of rotatable bonds is 8. The molecule has 2 rings (SSSR count). The van der Waals surface area contributed by atoms with Crippen molar-refractivity contribution in [3.63, 3.8) is 0 Å². The standard InChI is InChI=1S/C20H22ClN3O4/c1-3-10-28-17-9-6-15(11-18(17)27-2)13-23-24-20(26)19(25)22-12-14-4-7-16(21)8-5-14/h4-9,11,13H,3,10,12H2,1-2H3,(H,22,25)(H,24,26)/b23-13-. The first-order chi connectivity index (χ1) is 13.5. The van der Waals surface area contributed by atoms with Crippen LogP contribution in [0.4, 0.5) is 0 Å². The third-order valence-corrected chi connectivity index (χ3v) is 3.85. The van der Waals surface area contributed by atoms with E-state index in [1.54, 1.807) is 49.6 Å². The number of hydrazone groups is 1. The summed E-state index contributed by atoms with van der Waals surface area (Å²) in [6.45, 7) is 2.82. The molecule has 148 valence electrons. The summed E-state index contributed by atoms with van der Waals surface area (Å²) in [7, 11) is 1.54. The van der Waals surface area contributed by atoms with Gasteiger partial charge in [-0.3, -0.25) is 9.59 Å². The monoisotopic (exact) mass is 403 g/mol. The van der Waals surface area contributed by atoms with Crippen LogP contribution < -0.4 is 20.2 Å². The maximum absolute atomic E-state index is 11.8. The topological polar surface area (TPSA) is 89.0 Å². The lowest BCUT2D eigenvalue weighted by Crippen LogP contribution is -2.37. The van der Waals surface area contributed by atoms with Gasteiger partial charge in [0, 0.05) is 11.6 Å². The van der Waals surface area contributed by atoms with Crippen LogP contribution >= 0.6 is 11.6 Å². The molecule has 0 saturated heterocycles. The lowest BCUT2D eigenvalue weighted by atomic mass is 10.2. The van der Waals surface area contributed by atoms with Crippen LogP contribution in [0.25, 0.3) is 0 Å². The molecule has 0 aliphatic carbocycles. The second kappa shape index (κ2) is 10.9. The summed E-state index contributed by atoms with van der Waals surface area (Å²) in [6, 6.07) is 12.2. The molecule has 0 spiro atoms. The third-order valence-electron chi connectivity index (χ3n) is 3.60. The van der Waals surface area contributed by atoms with Crippen LogP contribution in [0.1, 0.15) is 24.5 Å². The largest absolute Gasteiger partial charge is 0.493 e. The normalized spacial score (nSPS) is 10.5. The fourth-order valence-corrected chi connectivity index (χ4v) is 2.30. The summed E-state index contributed by atoms with van der Waals surface area (Å²) in [5, 5.41) is 6.91. The predicted octanol–water partition coefficient (Wildman–Crippen LogP) is 2.90. The molecule has 7 nitrogen and oxygen atoms in total. The molecule has 2 amide bonds. The van der Waals surface area contributed by atoms with Gasteiger partial charge < -0.3 is 14.8 Å². The van der Waals surface area contributed by atoms with E-state index in [0.717, 1.165) is 12.0 Å². The van der Waals surface area contributed by atoms with Gasteiger partial charge in [0.15, 0.2) is 11.5 Å². The zero-order valence-corrected chi connectivity index (χ0v) is 16.5. The zero-order valence-electron chi connectivity index (χ0n) is 15.7. The SMILES string of the molecule is CCCOc1ccc(/C=N\NC(=O)C(=O)NCc2ccc(Cl)cc2)cc1OC. The van der Waals surface area contributed by atoms with Gasteiger partial charge in [0.1, 0.15) is 0 Å². The fourth-order valence-electron chi connectivity index (χ4n) is 2.18. The van der Waals surface area contributed by atoms with Gasteiger partial charge in [0.05, 0.1) is 19.9 Å². The number of ether oxygens (including phenoxy) is 2. The van der Waals surface area contributed by atoms with E-state index in [4.69, 9.17) is 21.1 Å². The van der Waals surface area contributed by atoms with Gasteiger partial charge in [-0.05, 0) is 47.9 Å². The number of benzene rings is 2. The van der Waals surface area contributed by atoms with Crippen molar-refractivity contribution in [2.45, 2.75) is 19.9 Å². The highest BCUT2D eigenvalue weighted by Gasteiger charge is 2.12. The molecule has 0 aliphatic rings. The van der Waals surface area contributed by atoms with Crippen LogP contribution in [-0.2, 0) is 16.1 Å². The lowest BCUT2D eigenvalue weighted by molar-refractivity contribution is -0.139. The molecular formula is C20H22ClN3O4. The quantitative estimate of drug-likeness (QED) is 0.403. The number of nitrogens with one attached hydrogen (secondary N) is 2. The second-order valence-corrected chi connectivity index (χ2v) is 6.20. The van der Waals surface area contributed by atoms with Gasteiger partial charge in [-0.1, -0.05) is 30.7 Å². The predicted molar refractivity (Wildman–Crippen MR) is 108 cm³/mol. The first-order valence-electron chi connectivity index (χ1n) is 8.70. The minimum absolute atomic E-state index is 0.212. The molecular weight excluding hydrogens is 382 g/mol. The minimum Gasteiger partial charge on any atom is -0.493 e. The van der Waals surface area contributed by atoms with Crippen molar-refractivity contribution in [2.75, 3.05) is 13.7 Å². The number of carbonyl (C=O) groups excluding carboxylic acids is 2. The van der Waals surface area contributed by atoms with Crippen LogP contribution in [0.3, 0.4) is 0 Å². The summed E-state index contributed by atoms with van der Waals surface area (Å²) in [5.74, 6) is -0.454. The summed E-state index contributed by atoms with van der Waals surface area (Å²) >= 11 is 5.80. The Labute approximate surface area is 168 Å².